The van der Waals surface area contributed by atoms with Crippen LogP contribution in [0.2, 0.25) is 0 Å². The summed E-state index contributed by atoms with van der Waals surface area (Å²) >= 11 is 0. The van der Waals surface area contributed by atoms with E-state index in [2.05, 4.69) is 38.0 Å². The molecule has 0 aliphatic carbocycles. The zero-order chi connectivity index (χ0) is 14.7. The second-order valence-electron chi connectivity index (χ2n) is 4.95. The minimum Gasteiger partial charge on any atom is -0.496 e. The summed E-state index contributed by atoms with van der Waals surface area (Å²) in [6.07, 6.45) is 0.914. The van der Waals surface area contributed by atoms with Crippen LogP contribution in [-0.2, 0) is 13.0 Å². The highest BCUT2D eigenvalue weighted by Gasteiger charge is 2.19. The number of methoxy groups -OCH3 is 1. The van der Waals surface area contributed by atoms with Crippen LogP contribution >= 0.6 is 0 Å². The van der Waals surface area contributed by atoms with Crippen LogP contribution in [0.5, 0.6) is 5.75 Å². The minimum absolute atomic E-state index is 0.224. The van der Waals surface area contributed by atoms with E-state index in [0.717, 1.165) is 35.7 Å². The minimum atomic E-state index is -0.224. The molecular formula is C16H23N3O. The lowest BCUT2D eigenvalue weighted by Crippen LogP contribution is -2.18. The Hall–Kier alpha value is -1.81. The van der Waals surface area contributed by atoms with Gasteiger partial charge in [-0.15, -0.1) is 0 Å². The number of benzene rings is 1. The molecule has 4 heteroatoms. The summed E-state index contributed by atoms with van der Waals surface area (Å²) in [5.41, 5.74) is 10.8. The highest BCUT2D eigenvalue weighted by atomic mass is 16.5. The molecule has 0 aliphatic heterocycles. The molecule has 1 atom stereocenters. The maximum atomic E-state index is 6.47. The van der Waals surface area contributed by atoms with Crippen molar-refractivity contribution in [1.82, 2.24) is 9.78 Å². The van der Waals surface area contributed by atoms with Crippen molar-refractivity contribution in [3.8, 4) is 5.75 Å². The number of hydrogen-bond acceptors (Lipinski definition) is 3. The second-order valence-corrected chi connectivity index (χ2v) is 4.95. The molecule has 0 saturated carbocycles. The molecule has 20 heavy (non-hydrogen) atoms. The first kappa shape index (κ1) is 14.6. The quantitative estimate of drug-likeness (QED) is 0.911. The molecule has 0 amide bonds. The number of ether oxygens (including phenoxy) is 1. The van der Waals surface area contributed by atoms with Gasteiger partial charge in [-0.1, -0.05) is 24.6 Å². The third kappa shape index (κ3) is 2.70. The lowest BCUT2D eigenvalue weighted by Gasteiger charge is -2.17. The predicted octanol–water partition coefficient (Wildman–Crippen LogP) is 2.83. The maximum absolute atomic E-state index is 6.47. The second kappa shape index (κ2) is 6.09. The van der Waals surface area contributed by atoms with Crippen molar-refractivity contribution in [2.75, 3.05) is 7.11 Å². The summed E-state index contributed by atoms with van der Waals surface area (Å²) in [6.45, 7) is 7.06. The van der Waals surface area contributed by atoms with Gasteiger partial charge in [0.15, 0.2) is 0 Å². The van der Waals surface area contributed by atoms with Gasteiger partial charge in [0.25, 0.3) is 0 Å². The molecule has 2 N–H and O–H groups in total. The number of nitrogens with zero attached hydrogens (tertiary/aromatic N) is 2. The molecule has 108 valence electrons. The zero-order valence-electron chi connectivity index (χ0n) is 12.7. The molecule has 1 aromatic carbocycles. The fraction of sp³-hybridized carbons (Fsp3) is 0.438. The van der Waals surface area contributed by atoms with Crippen LogP contribution in [0.1, 0.15) is 42.4 Å². The number of nitrogens with two attached hydrogens (primary N) is 1. The molecule has 1 unspecified atom stereocenters. The first-order valence-corrected chi connectivity index (χ1v) is 7.07. The van der Waals surface area contributed by atoms with Crippen molar-refractivity contribution in [3.05, 3.63) is 46.8 Å². The smallest absolute Gasteiger partial charge is 0.124 e. The number of aryl methyl sites for hydroxylation is 3. The van der Waals surface area contributed by atoms with Crippen LogP contribution in [0.4, 0.5) is 0 Å². The van der Waals surface area contributed by atoms with Gasteiger partial charge < -0.3 is 10.5 Å². The average molecular weight is 273 g/mol. The van der Waals surface area contributed by atoms with E-state index in [9.17, 15) is 0 Å². The van der Waals surface area contributed by atoms with Gasteiger partial charge in [-0.25, -0.2) is 0 Å². The highest BCUT2D eigenvalue weighted by Crippen LogP contribution is 2.29. The topological polar surface area (TPSA) is 53.1 Å². The average Bonchev–Trinajstić information content (AvgIpc) is 2.89. The number of rotatable bonds is 5. The maximum Gasteiger partial charge on any atom is 0.124 e. The fourth-order valence-corrected chi connectivity index (χ4v) is 2.42. The molecule has 0 radical (unpaired) electrons. The molecular weight excluding hydrogens is 250 g/mol. The molecule has 0 saturated heterocycles. The van der Waals surface area contributed by atoms with Gasteiger partial charge in [0.2, 0.25) is 0 Å². The van der Waals surface area contributed by atoms with E-state index in [-0.39, 0.29) is 6.04 Å². The molecule has 1 heterocycles. The SMILES string of the molecule is CCc1cc(C(N)c2cc(C)ccc2OC)n(CC)n1. The van der Waals surface area contributed by atoms with Gasteiger partial charge in [-0.2, -0.15) is 5.10 Å². The first-order valence-electron chi connectivity index (χ1n) is 7.07. The molecule has 0 aliphatic rings. The summed E-state index contributed by atoms with van der Waals surface area (Å²) < 4.78 is 7.42. The van der Waals surface area contributed by atoms with Crippen LogP contribution in [-0.4, -0.2) is 16.9 Å². The van der Waals surface area contributed by atoms with E-state index in [1.54, 1.807) is 7.11 Å². The molecule has 0 bridgehead atoms. The van der Waals surface area contributed by atoms with E-state index in [1.807, 2.05) is 16.8 Å². The van der Waals surface area contributed by atoms with Crippen LogP contribution in [0.15, 0.2) is 24.3 Å². The van der Waals surface area contributed by atoms with Crippen LogP contribution in [0, 0.1) is 6.92 Å². The van der Waals surface area contributed by atoms with E-state index >= 15 is 0 Å². The summed E-state index contributed by atoms with van der Waals surface area (Å²) in [5, 5.41) is 4.57. The van der Waals surface area contributed by atoms with Gasteiger partial charge in [0.1, 0.15) is 5.75 Å². The lowest BCUT2D eigenvalue weighted by atomic mass is 10.0. The Labute approximate surface area is 120 Å². The van der Waals surface area contributed by atoms with Crippen LogP contribution in [0.3, 0.4) is 0 Å². The summed E-state index contributed by atoms with van der Waals surface area (Å²) in [4.78, 5) is 0. The predicted molar refractivity (Wildman–Crippen MR) is 81.0 cm³/mol. The first-order chi connectivity index (χ1) is 9.60. The van der Waals surface area contributed by atoms with E-state index in [0.29, 0.717) is 0 Å². The number of hydrogen-bond donors (Lipinski definition) is 1. The Morgan fingerprint density at radius 3 is 2.65 bits per heavy atom. The zero-order valence-corrected chi connectivity index (χ0v) is 12.7. The standard InChI is InChI=1S/C16H23N3O/c1-5-12-10-14(19(6-2)18-12)16(17)13-9-11(3)7-8-15(13)20-4/h7-10,16H,5-6,17H2,1-4H3. The summed E-state index contributed by atoms with van der Waals surface area (Å²) in [7, 11) is 1.68. The normalized spacial score (nSPS) is 12.4. The van der Waals surface area contributed by atoms with Gasteiger partial charge in [-0.05, 0) is 32.4 Å². The van der Waals surface area contributed by atoms with E-state index in [1.165, 1.54) is 5.56 Å². The van der Waals surface area contributed by atoms with Crippen LogP contribution < -0.4 is 10.5 Å². The Bertz CT molecular complexity index is 589. The van der Waals surface area contributed by atoms with E-state index < -0.39 is 0 Å². The van der Waals surface area contributed by atoms with Gasteiger partial charge >= 0.3 is 0 Å². The summed E-state index contributed by atoms with van der Waals surface area (Å²) in [6, 6.07) is 7.96. The van der Waals surface area contributed by atoms with Crippen molar-refractivity contribution in [2.45, 2.75) is 39.8 Å². The monoisotopic (exact) mass is 273 g/mol. The molecule has 0 fully saturated rings. The van der Waals surface area contributed by atoms with Gasteiger partial charge in [0, 0.05) is 12.1 Å². The Kier molecular flexibility index (Phi) is 4.45. The fourth-order valence-electron chi connectivity index (χ4n) is 2.42. The van der Waals surface area contributed by atoms with Crippen molar-refractivity contribution in [1.29, 1.82) is 0 Å². The van der Waals surface area contributed by atoms with Crippen LogP contribution in [0.25, 0.3) is 0 Å². The molecule has 1 aromatic heterocycles. The summed E-state index contributed by atoms with van der Waals surface area (Å²) in [5.74, 6) is 0.824. The molecule has 4 nitrogen and oxygen atoms in total. The largest absolute Gasteiger partial charge is 0.496 e. The highest BCUT2D eigenvalue weighted by molar-refractivity contribution is 5.42. The molecule has 0 spiro atoms. The van der Waals surface area contributed by atoms with Crippen molar-refractivity contribution in [3.63, 3.8) is 0 Å². The third-order valence-corrected chi connectivity index (χ3v) is 3.56. The van der Waals surface area contributed by atoms with E-state index in [4.69, 9.17) is 10.5 Å². The molecule has 2 rings (SSSR count). The van der Waals surface area contributed by atoms with Gasteiger partial charge in [0.05, 0.1) is 24.5 Å². The molecule has 2 aromatic rings. The van der Waals surface area contributed by atoms with Crippen molar-refractivity contribution < 1.29 is 4.74 Å². The Morgan fingerprint density at radius 2 is 2.05 bits per heavy atom. The lowest BCUT2D eigenvalue weighted by molar-refractivity contribution is 0.406. The third-order valence-electron chi connectivity index (χ3n) is 3.56. The van der Waals surface area contributed by atoms with Crippen molar-refractivity contribution >= 4 is 0 Å². The number of aromatic nitrogens is 2. The van der Waals surface area contributed by atoms with Gasteiger partial charge in [-0.3, -0.25) is 4.68 Å². The Balaban J connectivity index is 2.47. The Morgan fingerprint density at radius 1 is 1.30 bits per heavy atom. The van der Waals surface area contributed by atoms with Crippen molar-refractivity contribution in [2.24, 2.45) is 5.73 Å².